The van der Waals surface area contributed by atoms with E-state index in [0.29, 0.717) is 0 Å². The molecule has 222 valence electrons. The Labute approximate surface area is 236 Å². The molecule has 0 N–H and O–H groups in total. The van der Waals surface area contributed by atoms with Gasteiger partial charge in [0.05, 0.1) is 0 Å². The van der Waals surface area contributed by atoms with Gasteiger partial charge in [-0.05, 0) is 25.5 Å². The Hall–Kier alpha value is -0.330. The van der Waals surface area contributed by atoms with Crippen molar-refractivity contribution in [3.8, 4) is 0 Å². The molecular formula is C36H73N. The molecule has 0 heterocycles. The monoisotopic (exact) mass is 520 g/mol. The minimum atomic E-state index is 1.07. The summed E-state index contributed by atoms with van der Waals surface area (Å²) in [5, 5.41) is 0. The normalized spacial score (nSPS) is 11.7. The summed E-state index contributed by atoms with van der Waals surface area (Å²) in [7, 11) is 0. The molecule has 0 aliphatic carbocycles. The van der Waals surface area contributed by atoms with Gasteiger partial charge in [-0.15, -0.1) is 0 Å². The van der Waals surface area contributed by atoms with Crippen molar-refractivity contribution in [2.45, 2.75) is 219 Å². The van der Waals surface area contributed by atoms with E-state index in [0.717, 1.165) is 6.54 Å². The van der Waals surface area contributed by atoms with Gasteiger partial charge in [-0.25, -0.2) is 0 Å². The molecule has 1 nitrogen and oxygen atoms in total. The quantitative estimate of drug-likeness (QED) is 0.0603. The first-order chi connectivity index (χ1) is 18.4. The van der Waals surface area contributed by atoms with E-state index in [9.17, 15) is 0 Å². The Bertz CT molecular complexity index is 401. The van der Waals surface area contributed by atoms with Crippen molar-refractivity contribution in [1.82, 2.24) is 0 Å². The fourth-order valence-corrected chi connectivity index (χ4v) is 5.54. The van der Waals surface area contributed by atoms with Crippen molar-refractivity contribution < 1.29 is 0 Å². The van der Waals surface area contributed by atoms with E-state index in [1.807, 2.05) is 0 Å². The first kappa shape index (κ1) is 36.7. The van der Waals surface area contributed by atoms with E-state index >= 15 is 0 Å². The maximum Gasteiger partial charge on any atom is 0.0385 e. The minimum absolute atomic E-state index is 1.07. The molecular weight excluding hydrogens is 446 g/mol. The molecule has 0 aromatic heterocycles. The molecule has 1 heteroatoms. The van der Waals surface area contributed by atoms with Crippen LogP contribution in [0.2, 0.25) is 0 Å². The lowest BCUT2D eigenvalue weighted by molar-refractivity contribution is 0.530. The fraction of sp³-hybridized carbons (Fsp3) is 0.972. The molecule has 0 aromatic carbocycles. The lowest BCUT2D eigenvalue weighted by Gasteiger charge is -2.03. The summed E-state index contributed by atoms with van der Waals surface area (Å²) >= 11 is 0. The Balaban J connectivity index is 3.07. The van der Waals surface area contributed by atoms with Crippen molar-refractivity contribution in [2.75, 3.05) is 6.54 Å². The molecule has 37 heavy (non-hydrogen) atoms. The van der Waals surface area contributed by atoms with Crippen LogP contribution >= 0.6 is 0 Å². The highest BCUT2D eigenvalue weighted by molar-refractivity contribution is 5.56. The van der Waals surface area contributed by atoms with Gasteiger partial charge in [-0.3, -0.25) is 4.99 Å². The van der Waals surface area contributed by atoms with Crippen LogP contribution in [-0.4, -0.2) is 12.8 Å². The third-order valence-electron chi connectivity index (χ3n) is 8.21. The lowest BCUT2D eigenvalue weighted by Crippen LogP contribution is -1.86. The van der Waals surface area contributed by atoms with Crippen LogP contribution in [0.5, 0.6) is 0 Å². The van der Waals surface area contributed by atoms with Crippen molar-refractivity contribution in [2.24, 2.45) is 4.99 Å². The molecule has 0 rings (SSSR count). The summed E-state index contributed by atoms with van der Waals surface area (Å²) in [5.74, 6) is 0. The van der Waals surface area contributed by atoms with Crippen LogP contribution in [0.1, 0.15) is 219 Å². The Morgan fingerprint density at radius 2 is 0.541 bits per heavy atom. The first-order valence-electron chi connectivity index (χ1n) is 17.9. The van der Waals surface area contributed by atoms with E-state index in [2.05, 4.69) is 25.1 Å². The van der Waals surface area contributed by atoms with Gasteiger partial charge in [-0.2, -0.15) is 0 Å². The Morgan fingerprint density at radius 3 is 0.838 bits per heavy atom. The number of unbranched alkanes of at least 4 members (excludes halogenated alkanes) is 30. The second kappa shape index (κ2) is 35.7. The summed E-state index contributed by atoms with van der Waals surface area (Å²) in [6, 6.07) is 0. The molecule has 0 aliphatic heterocycles. The van der Waals surface area contributed by atoms with Crippen molar-refractivity contribution >= 4 is 6.21 Å². The molecule has 0 saturated carbocycles. The molecule has 0 atom stereocenters. The second-order valence-corrected chi connectivity index (χ2v) is 12.1. The van der Waals surface area contributed by atoms with Crippen molar-refractivity contribution in [1.29, 1.82) is 0 Å². The Morgan fingerprint density at radius 1 is 0.297 bits per heavy atom. The van der Waals surface area contributed by atoms with Crippen LogP contribution in [0.4, 0.5) is 0 Å². The molecule has 0 bridgehead atoms. The van der Waals surface area contributed by atoms with Crippen LogP contribution < -0.4 is 0 Å². The van der Waals surface area contributed by atoms with Gasteiger partial charge >= 0.3 is 0 Å². The zero-order valence-corrected chi connectivity index (χ0v) is 26.4. The van der Waals surface area contributed by atoms with Gasteiger partial charge < -0.3 is 0 Å². The number of nitrogens with zero attached hydrogens (tertiary/aromatic N) is 1. The summed E-state index contributed by atoms with van der Waals surface area (Å²) in [6.45, 7) is 5.67. The average Bonchev–Trinajstić information content (AvgIpc) is 2.91. The molecule has 0 fully saturated rings. The predicted molar refractivity (Wildman–Crippen MR) is 172 cm³/mol. The smallest absolute Gasteiger partial charge is 0.0385 e. The summed E-state index contributed by atoms with van der Waals surface area (Å²) in [6.07, 6.45) is 48.2. The topological polar surface area (TPSA) is 12.4 Å². The van der Waals surface area contributed by atoms with Gasteiger partial charge in [0.1, 0.15) is 0 Å². The van der Waals surface area contributed by atoms with Gasteiger partial charge in [0.15, 0.2) is 0 Å². The molecule has 0 spiro atoms. The highest BCUT2D eigenvalue weighted by atomic mass is 14.7. The fourth-order valence-electron chi connectivity index (χ4n) is 5.54. The van der Waals surface area contributed by atoms with Crippen molar-refractivity contribution in [3.63, 3.8) is 0 Å². The molecule has 0 unspecified atom stereocenters. The molecule has 0 radical (unpaired) electrons. The molecule has 0 saturated heterocycles. The van der Waals surface area contributed by atoms with Crippen LogP contribution in [0, 0.1) is 0 Å². The number of aliphatic imine (C=N–C) groups is 1. The molecule has 0 aromatic rings. The van der Waals surface area contributed by atoms with Crippen LogP contribution in [0.25, 0.3) is 0 Å². The van der Waals surface area contributed by atoms with Crippen LogP contribution in [-0.2, 0) is 0 Å². The summed E-state index contributed by atoms with van der Waals surface area (Å²) in [4.78, 5) is 4.65. The maximum absolute atomic E-state index is 4.65. The van der Waals surface area contributed by atoms with E-state index in [1.165, 1.54) is 205 Å². The number of hydrogen-bond acceptors (Lipinski definition) is 1. The Kier molecular flexibility index (Phi) is 35.4. The van der Waals surface area contributed by atoms with Gasteiger partial charge in [0.2, 0.25) is 0 Å². The lowest BCUT2D eigenvalue weighted by atomic mass is 10.0. The van der Waals surface area contributed by atoms with Crippen molar-refractivity contribution in [3.05, 3.63) is 0 Å². The van der Waals surface area contributed by atoms with E-state index < -0.39 is 0 Å². The van der Waals surface area contributed by atoms with E-state index in [4.69, 9.17) is 0 Å². The van der Waals surface area contributed by atoms with Gasteiger partial charge in [-0.1, -0.05) is 200 Å². The third kappa shape index (κ3) is 35.7. The highest BCUT2D eigenvalue weighted by Gasteiger charge is 1.96. The summed E-state index contributed by atoms with van der Waals surface area (Å²) in [5.41, 5.74) is 0. The van der Waals surface area contributed by atoms with E-state index in [1.54, 1.807) is 0 Å². The third-order valence-corrected chi connectivity index (χ3v) is 8.21. The van der Waals surface area contributed by atoms with Gasteiger partial charge in [0, 0.05) is 6.54 Å². The SMILES string of the molecule is CCCCCCCCCCCCCCCCCC=NCCCCCCCCCCCCCCCCCC. The zero-order chi connectivity index (χ0) is 26.7. The minimum Gasteiger partial charge on any atom is -0.298 e. The largest absolute Gasteiger partial charge is 0.298 e. The van der Waals surface area contributed by atoms with E-state index in [-0.39, 0.29) is 0 Å². The number of rotatable bonds is 33. The maximum atomic E-state index is 4.65. The standard InChI is InChI=1S/C36H73N/c1-3-5-7-9-11-13-15-17-19-21-23-25-27-29-31-33-35-37-36-34-32-30-28-26-24-22-20-18-16-14-12-10-8-6-4-2/h35H,3-34,36H2,1-2H3. The molecule has 0 aliphatic rings. The average molecular weight is 520 g/mol. The summed E-state index contributed by atoms with van der Waals surface area (Å²) < 4.78 is 0. The predicted octanol–water partition coefficient (Wildman–Crippen LogP) is 13.6. The van der Waals surface area contributed by atoms with Crippen LogP contribution in [0.15, 0.2) is 4.99 Å². The first-order valence-corrected chi connectivity index (χ1v) is 17.9. The van der Waals surface area contributed by atoms with Gasteiger partial charge in [0.25, 0.3) is 0 Å². The number of hydrogen-bond donors (Lipinski definition) is 0. The zero-order valence-electron chi connectivity index (χ0n) is 26.4. The highest BCUT2D eigenvalue weighted by Crippen LogP contribution is 2.15. The molecule has 0 amide bonds. The van der Waals surface area contributed by atoms with Crippen LogP contribution in [0.3, 0.4) is 0 Å². The second-order valence-electron chi connectivity index (χ2n) is 12.1.